The van der Waals surface area contributed by atoms with E-state index in [2.05, 4.69) is 31.0 Å². The van der Waals surface area contributed by atoms with E-state index in [1.807, 2.05) is 6.07 Å². The summed E-state index contributed by atoms with van der Waals surface area (Å²) in [7, 11) is 0. The first-order chi connectivity index (χ1) is 10.1. The minimum Gasteiger partial charge on any atom is -0.310 e. The van der Waals surface area contributed by atoms with Crippen LogP contribution in [-0.4, -0.2) is 30.6 Å². The van der Waals surface area contributed by atoms with Crippen LogP contribution in [0.25, 0.3) is 0 Å². The van der Waals surface area contributed by atoms with E-state index in [0.717, 1.165) is 31.6 Å². The molecule has 116 valence electrons. The Labute approximate surface area is 127 Å². The van der Waals surface area contributed by atoms with Gasteiger partial charge in [-0.1, -0.05) is 19.9 Å². The molecule has 0 aliphatic carbocycles. The number of benzene rings is 1. The van der Waals surface area contributed by atoms with Crippen molar-refractivity contribution in [1.29, 1.82) is 5.26 Å². The molecule has 0 amide bonds. The Balaban J connectivity index is 2.33. The van der Waals surface area contributed by atoms with Gasteiger partial charge in [-0.2, -0.15) is 5.26 Å². The summed E-state index contributed by atoms with van der Waals surface area (Å²) in [5, 5.41) is 12.2. The van der Waals surface area contributed by atoms with E-state index in [9.17, 15) is 4.39 Å². The van der Waals surface area contributed by atoms with Gasteiger partial charge in [0.2, 0.25) is 0 Å². The van der Waals surface area contributed by atoms with E-state index < -0.39 is 5.82 Å². The molecule has 0 aliphatic heterocycles. The molecule has 0 aromatic heterocycles. The van der Waals surface area contributed by atoms with Gasteiger partial charge in [0, 0.05) is 12.6 Å². The van der Waals surface area contributed by atoms with Crippen molar-refractivity contribution in [3.8, 4) is 6.07 Å². The van der Waals surface area contributed by atoms with Crippen LogP contribution in [0.2, 0.25) is 0 Å². The predicted molar refractivity (Wildman–Crippen MR) is 84.4 cm³/mol. The lowest BCUT2D eigenvalue weighted by Gasteiger charge is -2.19. The fourth-order valence-corrected chi connectivity index (χ4v) is 2.32. The molecule has 0 aliphatic rings. The van der Waals surface area contributed by atoms with Crippen molar-refractivity contribution in [2.45, 2.75) is 46.2 Å². The summed E-state index contributed by atoms with van der Waals surface area (Å²) in [6.07, 6.45) is 2.28. The molecule has 0 spiro atoms. The highest BCUT2D eigenvalue weighted by molar-refractivity contribution is 5.34. The molecule has 0 bridgehead atoms. The summed E-state index contributed by atoms with van der Waals surface area (Å²) in [6, 6.07) is 6.99. The number of nitriles is 1. The molecule has 1 rings (SSSR count). The smallest absolute Gasteiger partial charge is 0.140 e. The first kappa shape index (κ1) is 17.6. The van der Waals surface area contributed by atoms with Gasteiger partial charge in [0.05, 0.1) is 5.56 Å². The van der Waals surface area contributed by atoms with E-state index in [1.165, 1.54) is 12.5 Å². The lowest BCUT2D eigenvalue weighted by Crippen LogP contribution is -2.28. The van der Waals surface area contributed by atoms with Crippen LogP contribution in [-0.2, 0) is 6.54 Å². The van der Waals surface area contributed by atoms with Crippen LogP contribution >= 0.6 is 0 Å². The number of nitrogens with one attached hydrogen (secondary N) is 1. The van der Waals surface area contributed by atoms with E-state index in [1.54, 1.807) is 12.1 Å². The fourth-order valence-electron chi connectivity index (χ4n) is 2.32. The van der Waals surface area contributed by atoms with Gasteiger partial charge in [0.1, 0.15) is 11.9 Å². The first-order valence-corrected chi connectivity index (χ1v) is 7.74. The zero-order chi connectivity index (χ0) is 15.7. The van der Waals surface area contributed by atoms with Crippen LogP contribution < -0.4 is 5.32 Å². The van der Waals surface area contributed by atoms with E-state index in [-0.39, 0.29) is 5.56 Å². The molecule has 1 aromatic rings. The number of nitrogens with zero attached hydrogens (tertiary/aromatic N) is 2. The van der Waals surface area contributed by atoms with Crippen LogP contribution in [0.3, 0.4) is 0 Å². The summed E-state index contributed by atoms with van der Waals surface area (Å²) < 4.78 is 13.2. The van der Waals surface area contributed by atoms with Crippen LogP contribution in [0.1, 0.15) is 44.7 Å². The molecular weight excluding hydrogens is 265 g/mol. The average Bonchev–Trinajstić information content (AvgIpc) is 2.50. The van der Waals surface area contributed by atoms with Crippen LogP contribution in [0.4, 0.5) is 4.39 Å². The molecule has 1 atom stereocenters. The predicted octanol–water partition coefficient (Wildman–Crippen LogP) is 3.30. The molecule has 0 saturated heterocycles. The third-order valence-corrected chi connectivity index (χ3v) is 3.81. The second kappa shape index (κ2) is 9.49. The van der Waals surface area contributed by atoms with Gasteiger partial charge in [-0.25, -0.2) is 4.39 Å². The standard InChI is InChI=1S/C17H26FN3/c1-4-21(5-2)10-6-7-14(3)20-13-15-8-9-17(18)16(11-15)12-19/h8-9,11,14,20H,4-7,10,13H2,1-3H3. The van der Waals surface area contributed by atoms with E-state index in [4.69, 9.17) is 5.26 Å². The van der Waals surface area contributed by atoms with Crippen molar-refractivity contribution in [2.24, 2.45) is 0 Å². The van der Waals surface area contributed by atoms with Crippen LogP contribution in [0, 0.1) is 17.1 Å². The molecule has 0 radical (unpaired) electrons. The molecule has 0 saturated carbocycles. The van der Waals surface area contributed by atoms with E-state index in [0.29, 0.717) is 12.6 Å². The average molecular weight is 291 g/mol. The maximum absolute atomic E-state index is 13.2. The number of rotatable bonds is 9. The minimum atomic E-state index is -0.450. The highest BCUT2D eigenvalue weighted by Gasteiger charge is 2.06. The third-order valence-electron chi connectivity index (χ3n) is 3.81. The second-order valence-electron chi connectivity index (χ2n) is 5.38. The van der Waals surface area contributed by atoms with Gasteiger partial charge in [0.15, 0.2) is 0 Å². The van der Waals surface area contributed by atoms with Gasteiger partial charge < -0.3 is 10.2 Å². The van der Waals surface area contributed by atoms with Gasteiger partial charge in [-0.15, -0.1) is 0 Å². The Bertz CT molecular complexity index is 464. The quantitative estimate of drug-likeness (QED) is 0.759. The number of hydrogen-bond donors (Lipinski definition) is 1. The fraction of sp³-hybridized carbons (Fsp3) is 0.588. The summed E-state index contributed by atoms with van der Waals surface area (Å²) in [6.45, 7) is 10.5. The summed E-state index contributed by atoms with van der Waals surface area (Å²) in [5.41, 5.74) is 1.06. The lowest BCUT2D eigenvalue weighted by atomic mass is 10.1. The Hall–Kier alpha value is -1.44. The van der Waals surface area contributed by atoms with Gasteiger partial charge in [-0.3, -0.25) is 0 Å². The van der Waals surface area contributed by atoms with Crippen molar-refractivity contribution in [1.82, 2.24) is 10.2 Å². The lowest BCUT2D eigenvalue weighted by molar-refractivity contribution is 0.290. The molecule has 0 heterocycles. The Morgan fingerprint density at radius 1 is 1.33 bits per heavy atom. The molecule has 4 heteroatoms. The van der Waals surface area contributed by atoms with Crippen LogP contribution in [0.15, 0.2) is 18.2 Å². The maximum atomic E-state index is 13.2. The highest BCUT2D eigenvalue weighted by atomic mass is 19.1. The molecular formula is C17H26FN3. The largest absolute Gasteiger partial charge is 0.310 e. The zero-order valence-electron chi connectivity index (χ0n) is 13.3. The summed E-state index contributed by atoms with van der Waals surface area (Å²) in [4.78, 5) is 2.42. The second-order valence-corrected chi connectivity index (χ2v) is 5.38. The normalized spacial score (nSPS) is 12.4. The van der Waals surface area contributed by atoms with Crippen molar-refractivity contribution in [3.05, 3.63) is 35.1 Å². The van der Waals surface area contributed by atoms with Crippen LogP contribution in [0.5, 0.6) is 0 Å². The van der Waals surface area contributed by atoms with Gasteiger partial charge in [-0.05, 0) is 57.1 Å². The van der Waals surface area contributed by atoms with Crippen molar-refractivity contribution in [2.75, 3.05) is 19.6 Å². The number of halogens is 1. The zero-order valence-corrected chi connectivity index (χ0v) is 13.3. The SMILES string of the molecule is CCN(CC)CCCC(C)NCc1ccc(F)c(C#N)c1. The van der Waals surface area contributed by atoms with Crippen molar-refractivity contribution < 1.29 is 4.39 Å². The first-order valence-electron chi connectivity index (χ1n) is 7.74. The third kappa shape index (κ3) is 6.24. The topological polar surface area (TPSA) is 39.1 Å². The highest BCUT2D eigenvalue weighted by Crippen LogP contribution is 2.10. The minimum absolute atomic E-state index is 0.114. The Morgan fingerprint density at radius 3 is 2.67 bits per heavy atom. The molecule has 3 nitrogen and oxygen atoms in total. The summed E-state index contributed by atoms with van der Waals surface area (Å²) >= 11 is 0. The van der Waals surface area contributed by atoms with Gasteiger partial charge in [0.25, 0.3) is 0 Å². The molecule has 21 heavy (non-hydrogen) atoms. The maximum Gasteiger partial charge on any atom is 0.140 e. The van der Waals surface area contributed by atoms with Gasteiger partial charge >= 0.3 is 0 Å². The Kier molecular flexibility index (Phi) is 7.96. The molecule has 1 N–H and O–H groups in total. The van der Waals surface area contributed by atoms with Crippen molar-refractivity contribution in [3.63, 3.8) is 0 Å². The molecule has 1 unspecified atom stereocenters. The summed E-state index contributed by atoms with van der Waals surface area (Å²) in [5.74, 6) is -0.450. The molecule has 0 fully saturated rings. The van der Waals surface area contributed by atoms with Crippen molar-refractivity contribution >= 4 is 0 Å². The molecule has 1 aromatic carbocycles. The number of hydrogen-bond acceptors (Lipinski definition) is 3. The Morgan fingerprint density at radius 2 is 2.05 bits per heavy atom. The van der Waals surface area contributed by atoms with E-state index >= 15 is 0 Å². The monoisotopic (exact) mass is 291 g/mol.